The largest absolute Gasteiger partial charge is 0.491 e. The summed E-state index contributed by atoms with van der Waals surface area (Å²) in [5.41, 5.74) is 0.675. The summed E-state index contributed by atoms with van der Waals surface area (Å²) in [4.78, 5) is 24.5. The average Bonchev–Trinajstić information content (AvgIpc) is 2.80. The van der Waals surface area contributed by atoms with Crippen LogP contribution in [0.2, 0.25) is 0 Å². The summed E-state index contributed by atoms with van der Waals surface area (Å²) >= 11 is 0. The molecule has 2 aromatic rings. The number of carbonyl (C=O) groups excluding carboxylic acids is 2. The number of carbonyl (C=O) groups is 2. The summed E-state index contributed by atoms with van der Waals surface area (Å²) in [6.07, 6.45) is -0.141. The van der Waals surface area contributed by atoms with Crippen LogP contribution < -0.4 is 10.1 Å². The summed E-state index contributed by atoms with van der Waals surface area (Å²) in [7, 11) is -3.90. The molecule has 0 bridgehead atoms. The number of amides is 2. The van der Waals surface area contributed by atoms with Crippen molar-refractivity contribution in [3.63, 3.8) is 0 Å². The summed E-state index contributed by atoms with van der Waals surface area (Å²) < 4.78 is 31.3. The number of benzene rings is 2. The lowest BCUT2D eigenvalue weighted by molar-refractivity contribution is -0.116. The number of hydrogen-bond acceptors (Lipinski definition) is 5. The van der Waals surface area contributed by atoms with Crippen LogP contribution in [-0.2, 0) is 14.8 Å². The molecule has 0 aromatic heterocycles. The Bertz CT molecular complexity index is 985. The molecule has 2 amide bonds. The second-order valence-electron chi connectivity index (χ2n) is 6.37. The van der Waals surface area contributed by atoms with Gasteiger partial charge in [0, 0.05) is 24.7 Å². The van der Waals surface area contributed by atoms with E-state index in [1.165, 1.54) is 12.1 Å². The molecule has 0 saturated heterocycles. The van der Waals surface area contributed by atoms with Crippen LogP contribution in [0.4, 0.5) is 5.69 Å². The number of fused-ring (bicyclic) bond motifs is 1. The molecule has 7 nitrogen and oxygen atoms in total. The quantitative estimate of drug-likeness (QED) is 0.821. The highest BCUT2D eigenvalue weighted by molar-refractivity contribution is 7.90. The van der Waals surface area contributed by atoms with Crippen LogP contribution in [0.1, 0.15) is 30.6 Å². The maximum absolute atomic E-state index is 12.5. The number of hydrogen-bond donors (Lipinski definition) is 1. The van der Waals surface area contributed by atoms with E-state index in [0.29, 0.717) is 11.4 Å². The molecule has 2 aromatic carbocycles. The fraction of sp³-hybridized carbons (Fsp3) is 0.263. The van der Waals surface area contributed by atoms with Gasteiger partial charge in [-0.1, -0.05) is 18.2 Å². The van der Waals surface area contributed by atoms with E-state index in [2.05, 4.69) is 5.32 Å². The smallest absolute Gasteiger partial charge is 0.269 e. The van der Waals surface area contributed by atoms with Gasteiger partial charge in [0.25, 0.3) is 15.9 Å². The first-order chi connectivity index (χ1) is 12.8. The monoisotopic (exact) mass is 388 g/mol. The van der Waals surface area contributed by atoms with Gasteiger partial charge in [0.05, 0.1) is 11.7 Å². The molecule has 142 valence electrons. The molecular formula is C19H20N2O5S. The highest BCUT2D eigenvalue weighted by Crippen LogP contribution is 2.30. The van der Waals surface area contributed by atoms with Gasteiger partial charge in [-0.15, -0.1) is 0 Å². The third-order valence-electron chi connectivity index (χ3n) is 3.94. The maximum atomic E-state index is 12.5. The number of ether oxygens (including phenoxy) is 1. The minimum Gasteiger partial charge on any atom is -0.491 e. The molecule has 0 saturated carbocycles. The number of nitrogens with one attached hydrogen (secondary N) is 1. The third-order valence-corrected chi connectivity index (χ3v) is 5.78. The summed E-state index contributed by atoms with van der Waals surface area (Å²) in [5, 5.41) is 2.69. The van der Waals surface area contributed by atoms with Crippen LogP contribution in [0.3, 0.4) is 0 Å². The summed E-state index contributed by atoms with van der Waals surface area (Å²) in [5.74, 6) is -0.378. The van der Waals surface area contributed by atoms with Crippen molar-refractivity contribution in [1.82, 2.24) is 4.31 Å². The fourth-order valence-corrected chi connectivity index (χ4v) is 4.37. The predicted octanol–water partition coefficient (Wildman–Crippen LogP) is 2.65. The van der Waals surface area contributed by atoms with Gasteiger partial charge in [0.2, 0.25) is 5.91 Å². The zero-order valence-corrected chi connectivity index (χ0v) is 15.8. The number of nitrogens with zero attached hydrogens (tertiary/aromatic N) is 1. The highest BCUT2D eigenvalue weighted by Gasteiger charge is 2.40. The van der Waals surface area contributed by atoms with Gasteiger partial charge in [-0.05, 0) is 38.1 Å². The van der Waals surface area contributed by atoms with Crippen LogP contribution in [0.15, 0.2) is 53.4 Å². The maximum Gasteiger partial charge on any atom is 0.269 e. The molecule has 0 spiro atoms. The molecule has 3 rings (SSSR count). The Morgan fingerprint density at radius 3 is 2.59 bits per heavy atom. The lowest BCUT2D eigenvalue weighted by atomic mass is 10.2. The van der Waals surface area contributed by atoms with Crippen molar-refractivity contribution in [2.75, 3.05) is 11.9 Å². The molecule has 1 N–H and O–H groups in total. The van der Waals surface area contributed by atoms with Crippen molar-refractivity contribution in [2.24, 2.45) is 0 Å². The van der Waals surface area contributed by atoms with Crippen LogP contribution in [-0.4, -0.2) is 37.2 Å². The molecule has 0 atom stereocenters. The molecule has 0 radical (unpaired) electrons. The third kappa shape index (κ3) is 3.95. The van der Waals surface area contributed by atoms with Crippen molar-refractivity contribution in [2.45, 2.75) is 31.3 Å². The second-order valence-corrected chi connectivity index (χ2v) is 8.20. The second kappa shape index (κ2) is 7.40. The minimum atomic E-state index is -3.90. The number of rotatable bonds is 6. The zero-order chi connectivity index (χ0) is 19.6. The SMILES string of the molecule is CC(C)Oc1cccc(NC(=O)CCN2C(=O)c3ccccc3S2(=O)=O)c1. The van der Waals surface area contributed by atoms with Crippen molar-refractivity contribution < 1.29 is 22.7 Å². The van der Waals surface area contributed by atoms with Gasteiger partial charge in [-0.3, -0.25) is 9.59 Å². The van der Waals surface area contributed by atoms with Crippen molar-refractivity contribution in [3.05, 3.63) is 54.1 Å². The van der Waals surface area contributed by atoms with Crippen molar-refractivity contribution in [1.29, 1.82) is 0 Å². The van der Waals surface area contributed by atoms with Gasteiger partial charge in [0.15, 0.2) is 0 Å². The number of anilines is 1. The van der Waals surface area contributed by atoms with Crippen molar-refractivity contribution in [3.8, 4) is 5.75 Å². The Labute approximate surface area is 158 Å². The van der Waals surface area contributed by atoms with E-state index in [-0.39, 0.29) is 29.5 Å². The van der Waals surface area contributed by atoms with E-state index in [1.807, 2.05) is 13.8 Å². The van der Waals surface area contributed by atoms with Crippen LogP contribution in [0.25, 0.3) is 0 Å². The normalized spacial score (nSPS) is 14.9. The minimum absolute atomic E-state index is 0.00368. The summed E-state index contributed by atoms with van der Waals surface area (Å²) in [6, 6.07) is 12.9. The van der Waals surface area contributed by atoms with Gasteiger partial charge in [0.1, 0.15) is 10.6 Å². The van der Waals surface area contributed by atoms with Crippen molar-refractivity contribution >= 4 is 27.5 Å². The van der Waals surface area contributed by atoms with Crippen LogP contribution >= 0.6 is 0 Å². The van der Waals surface area contributed by atoms with E-state index in [0.717, 1.165) is 4.31 Å². The van der Waals surface area contributed by atoms with E-state index in [9.17, 15) is 18.0 Å². The first-order valence-corrected chi connectivity index (χ1v) is 9.95. The standard InChI is InChI=1S/C19H20N2O5S/c1-13(2)26-15-7-5-6-14(12-15)20-18(22)10-11-21-19(23)16-8-3-4-9-17(16)27(21,24)25/h3-9,12-13H,10-11H2,1-2H3,(H,20,22). The van der Waals surface area contributed by atoms with E-state index >= 15 is 0 Å². The molecule has 1 aliphatic heterocycles. The Hall–Kier alpha value is -2.87. The zero-order valence-electron chi connectivity index (χ0n) is 15.0. The Kier molecular flexibility index (Phi) is 5.18. The molecular weight excluding hydrogens is 368 g/mol. The van der Waals surface area contributed by atoms with Gasteiger partial charge in [-0.25, -0.2) is 12.7 Å². The molecule has 0 aliphatic carbocycles. The molecule has 1 heterocycles. The average molecular weight is 388 g/mol. The van der Waals surface area contributed by atoms with Gasteiger partial charge in [-0.2, -0.15) is 0 Å². The van der Waals surface area contributed by atoms with E-state index < -0.39 is 21.8 Å². The van der Waals surface area contributed by atoms with Crippen LogP contribution in [0, 0.1) is 0 Å². The molecule has 8 heteroatoms. The molecule has 0 fully saturated rings. The first kappa shape index (κ1) is 18.9. The molecule has 1 aliphatic rings. The van der Waals surface area contributed by atoms with E-state index in [4.69, 9.17) is 4.74 Å². The Balaban J connectivity index is 1.64. The topological polar surface area (TPSA) is 92.8 Å². The predicted molar refractivity (Wildman–Crippen MR) is 100 cm³/mol. The molecule has 27 heavy (non-hydrogen) atoms. The first-order valence-electron chi connectivity index (χ1n) is 8.51. The highest BCUT2D eigenvalue weighted by atomic mass is 32.2. The van der Waals surface area contributed by atoms with Crippen LogP contribution in [0.5, 0.6) is 5.75 Å². The van der Waals surface area contributed by atoms with Gasteiger partial charge >= 0.3 is 0 Å². The fourth-order valence-electron chi connectivity index (χ4n) is 2.80. The lowest BCUT2D eigenvalue weighted by Crippen LogP contribution is -2.33. The van der Waals surface area contributed by atoms with Gasteiger partial charge < -0.3 is 10.1 Å². The van der Waals surface area contributed by atoms with E-state index in [1.54, 1.807) is 36.4 Å². The Morgan fingerprint density at radius 2 is 1.89 bits per heavy atom. The molecule has 0 unspecified atom stereocenters. The Morgan fingerprint density at radius 1 is 1.15 bits per heavy atom. The number of sulfonamides is 1. The summed E-state index contributed by atoms with van der Waals surface area (Å²) in [6.45, 7) is 3.58. The lowest BCUT2D eigenvalue weighted by Gasteiger charge is -2.15.